The number of nitrogens with one attached hydrogen (secondary N) is 1. The van der Waals surface area contributed by atoms with E-state index in [0.717, 1.165) is 25.9 Å². The summed E-state index contributed by atoms with van der Waals surface area (Å²) in [6.45, 7) is 2.27. The van der Waals surface area contributed by atoms with E-state index in [4.69, 9.17) is 5.73 Å². The zero-order valence-corrected chi connectivity index (χ0v) is 9.41. The largest absolute Gasteiger partial charge is 0.370 e. The van der Waals surface area contributed by atoms with Crippen molar-refractivity contribution in [2.45, 2.75) is 18.9 Å². The average Bonchev–Trinajstić information content (AvgIpc) is 2.09. The van der Waals surface area contributed by atoms with Gasteiger partial charge in [-0.1, -0.05) is 0 Å². The van der Waals surface area contributed by atoms with Crippen molar-refractivity contribution in [3.05, 3.63) is 0 Å². The molecule has 1 heterocycles. The third kappa shape index (κ3) is 3.14. The van der Waals surface area contributed by atoms with Gasteiger partial charge in [-0.25, -0.2) is 3.11 Å². The van der Waals surface area contributed by atoms with Crippen LogP contribution in [0.2, 0.25) is 0 Å². The number of hydrogen-bond acceptors (Lipinski definition) is 2. The van der Waals surface area contributed by atoms with Crippen LogP contribution in [0, 0.1) is 0 Å². The Kier molecular flexibility index (Phi) is 4.07. The van der Waals surface area contributed by atoms with E-state index in [2.05, 4.69) is 36.3 Å². The minimum Gasteiger partial charge on any atom is -0.370 e. The molecule has 0 aromatic heterocycles. The summed E-state index contributed by atoms with van der Waals surface area (Å²) in [7, 11) is 1.70. The molecule has 0 unspecified atom stereocenters. The molecule has 1 rings (SSSR count). The van der Waals surface area contributed by atoms with E-state index >= 15 is 0 Å². The fourth-order valence-corrected chi connectivity index (χ4v) is 1.82. The Hall–Kier alpha value is -0.0400. The van der Waals surface area contributed by atoms with Gasteiger partial charge in [0.1, 0.15) is 0 Å². The number of halogens is 1. The van der Waals surface area contributed by atoms with E-state index in [9.17, 15) is 0 Å². The van der Waals surface area contributed by atoms with Gasteiger partial charge in [0.25, 0.3) is 0 Å². The number of nitrogens with zero attached hydrogens (tertiary/aromatic N) is 2. The van der Waals surface area contributed by atoms with Gasteiger partial charge in [0.2, 0.25) is 0 Å². The van der Waals surface area contributed by atoms with Crippen molar-refractivity contribution in [1.82, 2.24) is 8.43 Å². The highest BCUT2D eigenvalue weighted by atomic mass is 127. The van der Waals surface area contributed by atoms with Crippen LogP contribution in [-0.4, -0.2) is 35.3 Å². The molecule has 5 heteroatoms. The van der Waals surface area contributed by atoms with Crippen LogP contribution >= 0.6 is 22.9 Å². The van der Waals surface area contributed by atoms with Crippen molar-refractivity contribution < 1.29 is 0 Å². The molecular formula is C7H15IN4. The third-order valence-corrected chi connectivity index (χ3v) is 3.00. The average molecular weight is 282 g/mol. The van der Waals surface area contributed by atoms with Crippen molar-refractivity contribution in [2.75, 3.05) is 20.1 Å². The first-order valence-corrected chi connectivity index (χ1v) is 5.08. The van der Waals surface area contributed by atoms with E-state index in [1.807, 2.05) is 0 Å². The van der Waals surface area contributed by atoms with Gasteiger partial charge < -0.3 is 11.1 Å². The van der Waals surface area contributed by atoms with E-state index in [-0.39, 0.29) is 0 Å². The van der Waals surface area contributed by atoms with E-state index in [1.165, 1.54) is 0 Å². The van der Waals surface area contributed by atoms with Crippen LogP contribution in [0.3, 0.4) is 0 Å². The highest BCUT2D eigenvalue weighted by molar-refractivity contribution is 14.1. The van der Waals surface area contributed by atoms with Gasteiger partial charge in [0, 0.05) is 49.0 Å². The van der Waals surface area contributed by atoms with Crippen LogP contribution in [-0.2, 0) is 0 Å². The van der Waals surface area contributed by atoms with E-state index in [1.54, 1.807) is 7.05 Å². The molecule has 1 aliphatic rings. The minimum absolute atomic E-state index is 0.514. The van der Waals surface area contributed by atoms with Crippen LogP contribution in [0.15, 0.2) is 4.99 Å². The minimum atomic E-state index is 0.514. The summed E-state index contributed by atoms with van der Waals surface area (Å²) in [6.07, 6.45) is 2.30. The second-order valence-corrected chi connectivity index (χ2v) is 4.30. The first-order chi connectivity index (χ1) is 5.72. The summed E-state index contributed by atoms with van der Waals surface area (Å²) >= 11 is 2.35. The van der Waals surface area contributed by atoms with Gasteiger partial charge in [0.05, 0.1) is 0 Å². The van der Waals surface area contributed by atoms with Crippen LogP contribution in [0.1, 0.15) is 12.8 Å². The zero-order chi connectivity index (χ0) is 8.97. The molecule has 0 saturated carbocycles. The van der Waals surface area contributed by atoms with Crippen molar-refractivity contribution in [1.29, 1.82) is 0 Å². The number of rotatable bonds is 1. The molecular weight excluding hydrogens is 267 g/mol. The van der Waals surface area contributed by atoms with Gasteiger partial charge in [-0.15, -0.1) is 0 Å². The fraction of sp³-hybridized carbons (Fsp3) is 0.857. The lowest BCUT2D eigenvalue weighted by atomic mass is 10.1. The zero-order valence-electron chi connectivity index (χ0n) is 7.26. The van der Waals surface area contributed by atoms with E-state index < -0.39 is 0 Å². The SMILES string of the molecule is CN=C(N)NC1CCN(I)CC1. The summed E-state index contributed by atoms with van der Waals surface area (Å²) in [5.41, 5.74) is 5.56. The molecule has 1 aliphatic heterocycles. The van der Waals surface area contributed by atoms with Gasteiger partial charge in [-0.05, 0) is 12.8 Å². The van der Waals surface area contributed by atoms with Gasteiger partial charge >= 0.3 is 0 Å². The van der Waals surface area contributed by atoms with Crippen molar-refractivity contribution in [3.8, 4) is 0 Å². The molecule has 0 bridgehead atoms. The first-order valence-electron chi connectivity index (χ1n) is 4.12. The summed E-state index contributed by atoms with van der Waals surface area (Å²) < 4.78 is 2.30. The quantitative estimate of drug-likeness (QED) is 0.315. The lowest BCUT2D eigenvalue weighted by molar-refractivity contribution is 0.350. The maximum absolute atomic E-state index is 5.56. The molecule has 0 aromatic carbocycles. The van der Waals surface area contributed by atoms with Crippen LogP contribution < -0.4 is 11.1 Å². The molecule has 1 fully saturated rings. The summed E-state index contributed by atoms with van der Waals surface area (Å²) in [6, 6.07) is 0.514. The molecule has 1 saturated heterocycles. The maximum atomic E-state index is 5.56. The first kappa shape index (κ1) is 10.0. The summed E-state index contributed by atoms with van der Waals surface area (Å²) in [4.78, 5) is 3.87. The molecule has 0 aromatic rings. The number of aliphatic imine (C=N–C) groups is 1. The lowest BCUT2D eigenvalue weighted by Crippen LogP contribution is -2.44. The highest BCUT2D eigenvalue weighted by Crippen LogP contribution is 2.13. The Bertz CT molecular complexity index is 163. The van der Waals surface area contributed by atoms with Crippen molar-refractivity contribution in [3.63, 3.8) is 0 Å². The van der Waals surface area contributed by atoms with Gasteiger partial charge in [-0.3, -0.25) is 4.99 Å². The molecule has 0 amide bonds. The summed E-state index contributed by atoms with van der Waals surface area (Å²) in [5.74, 6) is 0.557. The topological polar surface area (TPSA) is 53.6 Å². The van der Waals surface area contributed by atoms with Gasteiger partial charge in [0.15, 0.2) is 5.96 Å². The predicted octanol–water partition coefficient (Wildman–Crippen LogP) is 0.335. The highest BCUT2D eigenvalue weighted by Gasteiger charge is 2.17. The van der Waals surface area contributed by atoms with E-state index in [0.29, 0.717) is 12.0 Å². The number of hydrogen-bond donors (Lipinski definition) is 2. The molecule has 12 heavy (non-hydrogen) atoms. The van der Waals surface area contributed by atoms with Crippen molar-refractivity contribution in [2.24, 2.45) is 10.7 Å². The standard InChI is InChI=1S/C7H15IN4/c1-10-7(9)11-6-2-4-12(8)5-3-6/h6H,2-5H2,1H3,(H3,9,10,11). The molecule has 0 aliphatic carbocycles. The van der Waals surface area contributed by atoms with Crippen LogP contribution in [0.5, 0.6) is 0 Å². The Morgan fingerprint density at radius 1 is 1.58 bits per heavy atom. The summed E-state index contributed by atoms with van der Waals surface area (Å²) in [5, 5.41) is 3.19. The molecule has 4 nitrogen and oxygen atoms in total. The monoisotopic (exact) mass is 282 g/mol. The molecule has 0 atom stereocenters. The normalized spacial score (nSPS) is 22.7. The smallest absolute Gasteiger partial charge is 0.188 e. The van der Waals surface area contributed by atoms with Crippen molar-refractivity contribution >= 4 is 28.8 Å². The fourth-order valence-electron chi connectivity index (χ4n) is 1.27. The molecule has 70 valence electrons. The Morgan fingerprint density at radius 2 is 2.17 bits per heavy atom. The Labute approximate surface area is 87.1 Å². The van der Waals surface area contributed by atoms with Gasteiger partial charge in [-0.2, -0.15) is 0 Å². The second-order valence-electron chi connectivity index (χ2n) is 2.94. The second kappa shape index (κ2) is 4.86. The lowest BCUT2D eigenvalue weighted by Gasteiger charge is -2.28. The maximum Gasteiger partial charge on any atom is 0.188 e. The third-order valence-electron chi connectivity index (χ3n) is 2.03. The number of piperidine rings is 1. The Morgan fingerprint density at radius 3 is 2.67 bits per heavy atom. The van der Waals surface area contributed by atoms with Crippen LogP contribution in [0.4, 0.5) is 0 Å². The Balaban J connectivity index is 2.26. The van der Waals surface area contributed by atoms with Crippen LogP contribution in [0.25, 0.3) is 0 Å². The predicted molar refractivity (Wildman–Crippen MR) is 59.3 cm³/mol. The molecule has 0 radical (unpaired) electrons. The number of guanidine groups is 1. The number of nitrogens with two attached hydrogens (primary N) is 1. The molecule has 3 N–H and O–H groups in total. The molecule has 0 spiro atoms.